The van der Waals surface area contributed by atoms with Gasteiger partial charge in [0.05, 0.1) is 10.2 Å². The van der Waals surface area contributed by atoms with Crippen LogP contribution in [0.3, 0.4) is 0 Å². The summed E-state index contributed by atoms with van der Waals surface area (Å²) in [7, 11) is 3.54. The van der Waals surface area contributed by atoms with E-state index in [1.54, 1.807) is 0 Å². The monoisotopic (exact) mass is 195 g/mol. The van der Waals surface area contributed by atoms with E-state index in [1.165, 1.54) is 18.4 Å². The fourth-order valence-electron chi connectivity index (χ4n) is 1.17. The van der Waals surface area contributed by atoms with Crippen LogP contribution in [-0.2, 0) is 6.42 Å². The number of hydrogen-bond acceptors (Lipinski definition) is 0. The van der Waals surface area contributed by atoms with Gasteiger partial charge < -0.3 is 0 Å². The molecule has 0 saturated heterocycles. The van der Waals surface area contributed by atoms with Gasteiger partial charge in [0, 0.05) is 5.02 Å². The Bertz CT molecular complexity index is 238. The van der Waals surface area contributed by atoms with Gasteiger partial charge >= 0.3 is 0 Å². The topological polar surface area (TPSA) is 0 Å². The van der Waals surface area contributed by atoms with Crippen LogP contribution in [0.4, 0.5) is 0 Å². The predicted molar refractivity (Wildman–Crippen MR) is 55.5 cm³/mol. The SMILES string of the molecule is CCCCc1c([Si])cccc1Cl. The highest BCUT2D eigenvalue weighted by molar-refractivity contribution is 6.37. The van der Waals surface area contributed by atoms with Crippen LogP contribution in [0.2, 0.25) is 5.02 Å². The van der Waals surface area contributed by atoms with E-state index >= 15 is 0 Å². The van der Waals surface area contributed by atoms with E-state index < -0.39 is 0 Å². The summed E-state index contributed by atoms with van der Waals surface area (Å²) in [4.78, 5) is 0. The maximum atomic E-state index is 6.03. The van der Waals surface area contributed by atoms with E-state index in [4.69, 9.17) is 11.6 Å². The first-order valence-corrected chi connectivity index (χ1v) is 5.12. The molecule has 1 rings (SSSR count). The van der Waals surface area contributed by atoms with Gasteiger partial charge in [0.1, 0.15) is 0 Å². The summed E-state index contributed by atoms with van der Waals surface area (Å²) in [5.41, 5.74) is 1.23. The second-order valence-electron chi connectivity index (χ2n) is 2.87. The Morgan fingerprint density at radius 2 is 2.17 bits per heavy atom. The van der Waals surface area contributed by atoms with Crippen molar-refractivity contribution < 1.29 is 0 Å². The van der Waals surface area contributed by atoms with Gasteiger partial charge in [0.2, 0.25) is 0 Å². The first kappa shape index (κ1) is 9.81. The molecule has 2 heteroatoms. The molecule has 0 bridgehead atoms. The molecule has 0 aliphatic heterocycles. The minimum Gasteiger partial charge on any atom is -0.0840 e. The van der Waals surface area contributed by atoms with Gasteiger partial charge in [-0.15, -0.1) is 0 Å². The summed E-state index contributed by atoms with van der Waals surface area (Å²) < 4.78 is 0. The van der Waals surface area contributed by atoms with Crippen LogP contribution in [0, 0.1) is 0 Å². The van der Waals surface area contributed by atoms with Crippen molar-refractivity contribution in [3.05, 3.63) is 28.8 Å². The second kappa shape index (κ2) is 4.68. The maximum absolute atomic E-state index is 6.03. The highest BCUT2D eigenvalue weighted by atomic mass is 35.5. The summed E-state index contributed by atoms with van der Waals surface area (Å²) in [6.45, 7) is 2.18. The molecular formula is C10H12ClSi. The van der Waals surface area contributed by atoms with Crippen LogP contribution < -0.4 is 5.19 Å². The fraction of sp³-hybridized carbons (Fsp3) is 0.400. The standard InChI is InChI=1S/C10H12ClSi/c1-2-3-5-8-9(11)6-4-7-10(8)12/h4,6-7H,2-3,5H2,1H3. The van der Waals surface area contributed by atoms with Crippen LogP contribution in [0.15, 0.2) is 18.2 Å². The highest BCUT2D eigenvalue weighted by Crippen LogP contribution is 2.14. The van der Waals surface area contributed by atoms with Gasteiger partial charge in [0.25, 0.3) is 0 Å². The Kier molecular flexibility index (Phi) is 3.83. The van der Waals surface area contributed by atoms with Crippen LogP contribution in [-0.4, -0.2) is 10.2 Å². The first-order chi connectivity index (χ1) is 5.75. The van der Waals surface area contributed by atoms with Crippen molar-refractivity contribution in [3.8, 4) is 0 Å². The van der Waals surface area contributed by atoms with E-state index in [9.17, 15) is 0 Å². The molecule has 3 radical (unpaired) electrons. The lowest BCUT2D eigenvalue weighted by molar-refractivity contribution is 0.798. The molecule has 0 N–H and O–H groups in total. The zero-order valence-electron chi connectivity index (χ0n) is 7.23. The summed E-state index contributed by atoms with van der Waals surface area (Å²) >= 11 is 6.03. The average molecular weight is 196 g/mol. The lowest BCUT2D eigenvalue weighted by Crippen LogP contribution is -2.10. The van der Waals surface area contributed by atoms with E-state index in [-0.39, 0.29) is 0 Å². The van der Waals surface area contributed by atoms with Gasteiger partial charge in [0.15, 0.2) is 0 Å². The van der Waals surface area contributed by atoms with Gasteiger partial charge in [-0.2, -0.15) is 0 Å². The fourth-order valence-corrected chi connectivity index (χ4v) is 1.87. The van der Waals surface area contributed by atoms with Crippen LogP contribution in [0.5, 0.6) is 0 Å². The van der Waals surface area contributed by atoms with E-state index in [2.05, 4.69) is 17.2 Å². The molecule has 0 saturated carbocycles. The molecule has 0 nitrogen and oxygen atoms in total. The van der Waals surface area contributed by atoms with Crippen LogP contribution in [0.1, 0.15) is 25.3 Å². The molecule has 12 heavy (non-hydrogen) atoms. The number of hydrogen-bond donors (Lipinski definition) is 0. The van der Waals surface area contributed by atoms with Crippen molar-refractivity contribution >= 4 is 27.0 Å². The molecule has 0 fully saturated rings. The summed E-state index contributed by atoms with van der Waals surface area (Å²) in [6.07, 6.45) is 3.47. The molecule has 1 aromatic rings. The Hall–Kier alpha value is -0.273. The first-order valence-electron chi connectivity index (χ1n) is 4.24. The molecule has 0 aromatic heterocycles. The van der Waals surface area contributed by atoms with Gasteiger partial charge in [-0.3, -0.25) is 0 Å². The van der Waals surface area contributed by atoms with E-state index in [0.717, 1.165) is 16.6 Å². The molecular weight excluding hydrogens is 184 g/mol. The molecule has 0 spiro atoms. The molecule has 0 aliphatic carbocycles. The van der Waals surface area contributed by atoms with Crippen molar-refractivity contribution in [3.63, 3.8) is 0 Å². The van der Waals surface area contributed by atoms with Crippen molar-refractivity contribution in [2.75, 3.05) is 0 Å². The third-order valence-electron chi connectivity index (χ3n) is 1.90. The Morgan fingerprint density at radius 1 is 1.42 bits per heavy atom. The highest BCUT2D eigenvalue weighted by Gasteiger charge is 2.01. The van der Waals surface area contributed by atoms with Crippen molar-refractivity contribution in [1.29, 1.82) is 0 Å². The number of unbranched alkanes of at least 4 members (excludes halogenated alkanes) is 1. The van der Waals surface area contributed by atoms with E-state index in [0.29, 0.717) is 0 Å². The van der Waals surface area contributed by atoms with Crippen molar-refractivity contribution in [1.82, 2.24) is 0 Å². The molecule has 1 aromatic carbocycles. The minimum atomic E-state index is 0.871. The quantitative estimate of drug-likeness (QED) is 0.651. The zero-order chi connectivity index (χ0) is 8.97. The van der Waals surface area contributed by atoms with Crippen LogP contribution in [0.25, 0.3) is 0 Å². The second-order valence-corrected chi connectivity index (χ2v) is 3.82. The zero-order valence-corrected chi connectivity index (χ0v) is 8.99. The summed E-state index contributed by atoms with van der Waals surface area (Å²) in [5, 5.41) is 1.99. The molecule has 0 heterocycles. The predicted octanol–water partition coefficient (Wildman–Crippen LogP) is 2.48. The van der Waals surface area contributed by atoms with Crippen LogP contribution >= 0.6 is 11.6 Å². The third-order valence-corrected chi connectivity index (χ3v) is 2.72. The lowest BCUT2D eigenvalue weighted by Gasteiger charge is -2.06. The molecule has 0 amide bonds. The van der Waals surface area contributed by atoms with E-state index in [1.807, 2.05) is 18.2 Å². The third kappa shape index (κ3) is 2.36. The van der Waals surface area contributed by atoms with Crippen molar-refractivity contribution in [2.24, 2.45) is 0 Å². The number of halogens is 1. The summed E-state index contributed by atoms with van der Waals surface area (Å²) in [5.74, 6) is 0. The normalized spacial score (nSPS) is 10.2. The molecule has 0 atom stereocenters. The van der Waals surface area contributed by atoms with Crippen molar-refractivity contribution in [2.45, 2.75) is 26.2 Å². The Balaban J connectivity index is 2.81. The summed E-state index contributed by atoms with van der Waals surface area (Å²) in [6, 6.07) is 5.93. The lowest BCUT2D eigenvalue weighted by atomic mass is 10.1. The minimum absolute atomic E-state index is 0.871. The maximum Gasteiger partial charge on any atom is 0.0716 e. The number of benzene rings is 1. The Morgan fingerprint density at radius 3 is 2.75 bits per heavy atom. The van der Waals surface area contributed by atoms with Gasteiger partial charge in [-0.05, 0) is 24.5 Å². The Labute approximate surface area is 82.4 Å². The average Bonchev–Trinajstić information content (AvgIpc) is 2.04. The van der Waals surface area contributed by atoms with Gasteiger partial charge in [-0.1, -0.05) is 42.3 Å². The number of rotatable bonds is 3. The molecule has 0 aliphatic rings. The smallest absolute Gasteiger partial charge is 0.0716 e. The molecule has 63 valence electrons. The molecule has 0 unspecified atom stereocenters. The van der Waals surface area contributed by atoms with Gasteiger partial charge in [-0.25, -0.2) is 0 Å². The largest absolute Gasteiger partial charge is 0.0840 e.